The lowest BCUT2D eigenvalue weighted by atomic mass is 10.1. The Kier molecular flexibility index (Phi) is 5.87. The molecular weight excluding hydrogens is 234 g/mol. The number of carboxylic acid groups (broad SMARTS) is 1. The summed E-state index contributed by atoms with van der Waals surface area (Å²) in [5.41, 5.74) is 6.49. The van der Waals surface area contributed by atoms with Crippen LogP contribution in [0.3, 0.4) is 0 Å². The first kappa shape index (κ1) is 14.2. The number of aliphatic carboxylic acids is 1. The third-order valence-corrected chi connectivity index (χ3v) is 2.43. The largest absolute Gasteiger partial charge is 0.481 e. The van der Waals surface area contributed by atoms with Crippen molar-refractivity contribution >= 4 is 11.9 Å². The van der Waals surface area contributed by atoms with Gasteiger partial charge in [-0.2, -0.15) is 0 Å². The molecule has 18 heavy (non-hydrogen) atoms. The SMILES string of the molecule is N[C@H](CCCC(=O)O)C(=O)OCc1ccccc1. The number of hydrogen-bond donors (Lipinski definition) is 2. The van der Waals surface area contributed by atoms with Crippen molar-refractivity contribution in [3.63, 3.8) is 0 Å². The molecule has 0 aliphatic rings. The maximum absolute atomic E-state index is 11.5. The molecule has 3 N–H and O–H groups in total. The summed E-state index contributed by atoms with van der Waals surface area (Å²) in [6.45, 7) is 0.187. The molecule has 5 heteroatoms. The summed E-state index contributed by atoms with van der Waals surface area (Å²) in [7, 11) is 0. The van der Waals surface area contributed by atoms with Gasteiger partial charge < -0.3 is 15.6 Å². The molecule has 1 rings (SSSR count). The summed E-state index contributed by atoms with van der Waals surface area (Å²) in [6.07, 6.45) is 0.705. The number of rotatable bonds is 7. The summed E-state index contributed by atoms with van der Waals surface area (Å²) in [5, 5.41) is 8.46. The molecule has 0 amide bonds. The van der Waals surface area contributed by atoms with Gasteiger partial charge in [-0.3, -0.25) is 9.59 Å². The van der Waals surface area contributed by atoms with E-state index in [1.54, 1.807) is 0 Å². The minimum absolute atomic E-state index is 0.0136. The summed E-state index contributed by atoms with van der Waals surface area (Å²) < 4.78 is 5.04. The van der Waals surface area contributed by atoms with Crippen LogP contribution in [0.15, 0.2) is 30.3 Å². The average molecular weight is 251 g/mol. The van der Waals surface area contributed by atoms with Crippen LogP contribution in [0.1, 0.15) is 24.8 Å². The van der Waals surface area contributed by atoms with Crippen molar-refractivity contribution in [2.45, 2.75) is 31.9 Å². The first-order chi connectivity index (χ1) is 8.59. The van der Waals surface area contributed by atoms with E-state index in [-0.39, 0.29) is 13.0 Å². The summed E-state index contributed by atoms with van der Waals surface area (Å²) in [6, 6.07) is 8.54. The number of carboxylic acids is 1. The minimum Gasteiger partial charge on any atom is -0.481 e. The maximum atomic E-state index is 11.5. The Morgan fingerprint density at radius 2 is 1.94 bits per heavy atom. The van der Waals surface area contributed by atoms with Crippen molar-refractivity contribution in [3.05, 3.63) is 35.9 Å². The van der Waals surface area contributed by atoms with Crippen LogP contribution in [0.5, 0.6) is 0 Å². The topological polar surface area (TPSA) is 89.6 Å². The zero-order valence-electron chi connectivity index (χ0n) is 10.0. The summed E-state index contributed by atoms with van der Waals surface area (Å²) in [5.74, 6) is -1.39. The second kappa shape index (κ2) is 7.45. The Bertz CT molecular complexity index is 391. The molecule has 0 aliphatic carbocycles. The van der Waals surface area contributed by atoms with Crippen LogP contribution in [0.4, 0.5) is 0 Å². The molecule has 0 fully saturated rings. The Morgan fingerprint density at radius 3 is 2.56 bits per heavy atom. The van der Waals surface area contributed by atoms with E-state index in [1.165, 1.54) is 0 Å². The fraction of sp³-hybridized carbons (Fsp3) is 0.385. The van der Waals surface area contributed by atoms with Gasteiger partial charge in [0.25, 0.3) is 0 Å². The molecule has 0 bridgehead atoms. The third kappa shape index (κ3) is 5.45. The van der Waals surface area contributed by atoms with Gasteiger partial charge in [0.2, 0.25) is 0 Å². The molecular formula is C13H17NO4. The highest BCUT2D eigenvalue weighted by Crippen LogP contribution is 2.04. The van der Waals surface area contributed by atoms with E-state index in [9.17, 15) is 9.59 Å². The van der Waals surface area contributed by atoms with E-state index in [0.717, 1.165) is 5.56 Å². The van der Waals surface area contributed by atoms with Gasteiger partial charge >= 0.3 is 11.9 Å². The molecule has 0 aromatic heterocycles. The molecule has 0 saturated carbocycles. The standard InChI is InChI=1S/C13H17NO4/c14-11(7-4-8-12(15)16)13(17)18-9-10-5-2-1-3-6-10/h1-3,5-6,11H,4,7-9,14H2,(H,15,16)/t11-/m1/s1. The highest BCUT2D eigenvalue weighted by Gasteiger charge is 2.15. The number of benzene rings is 1. The lowest BCUT2D eigenvalue weighted by molar-refractivity contribution is -0.147. The van der Waals surface area contributed by atoms with E-state index in [0.29, 0.717) is 12.8 Å². The molecule has 0 radical (unpaired) electrons. The smallest absolute Gasteiger partial charge is 0.323 e. The van der Waals surface area contributed by atoms with Crippen molar-refractivity contribution < 1.29 is 19.4 Å². The predicted octanol–water partition coefficient (Wildman–Crippen LogP) is 1.31. The van der Waals surface area contributed by atoms with Crippen molar-refractivity contribution in [2.75, 3.05) is 0 Å². The summed E-state index contributed by atoms with van der Waals surface area (Å²) in [4.78, 5) is 21.8. The van der Waals surface area contributed by atoms with Crippen LogP contribution in [-0.4, -0.2) is 23.1 Å². The molecule has 0 aliphatic heterocycles. The Balaban J connectivity index is 2.25. The quantitative estimate of drug-likeness (QED) is 0.713. The molecule has 1 atom stereocenters. The molecule has 98 valence electrons. The summed E-state index contributed by atoms with van der Waals surface area (Å²) >= 11 is 0. The van der Waals surface area contributed by atoms with Gasteiger partial charge in [0.1, 0.15) is 12.6 Å². The molecule has 0 unspecified atom stereocenters. The van der Waals surface area contributed by atoms with Gasteiger partial charge in [0.15, 0.2) is 0 Å². The molecule has 0 spiro atoms. The number of ether oxygens (including phenoxy) is 1. The van der Waals surface area contributed by atoms with Crippen LogP contribution in [0.25, 0.3) is 0 Å². The Hall–Kier alpha value is -1.88. The van der Waals surface area contributed by atoms with Gasteiger partial charge in [-0.1, -0.05) is 30.3 Å². The first-order valence-electron chi connectivity index (χ1n) is 5.77. The molecule has 1 aromatic rings. The van der Waals surface area contributed by atoms with Gasteiger partial charge in [0, 0.05) is 6.42 Å². The van der Waals surface area contributed by atoms with Crippen molar-refractivity contribution in [2.24, 2.45) is 5.73 Å². The van der Waals surface area contributed by atoms with E-state index < -0.39 is 18.0 Å². The van der Waals surface area contributed by atoms with Crippen molar-refractivity contribution in [1.82, 2.24) is 0 Å². The fourth-order valence-electron chi connectivity index (χ4n) is 1.43. The minimum atomic E-state index is -0.889. The van der Waals surface area contributed by atoms with E-state index in [4.69, 9.17) is 15.6 Å². The maximum Gasteiger partial charge on any atom is 0.323 e. The molecule has 1 aromatic carbocycles. The first-order valence-corrected chi connectivity index (χ1v) is 5.77. The molecule has 0 heterocycles. The van der Waals surface area contributed by atoms with E-state index >= 15 is 0 Å². The second-order valence-electron chi connectivity index (χ2n) is 3.99. The van der Waals surface area contributed by atoms with Crippen LogP contribution in [0.2, 0.25) is 0 Å². The zero-order valence-corrected chi connectivity index (χ0v) is 10.0. The average Bonchev–Trinajstić information content (AvgIpc) is 2.36. The second-order valence-corrected chi connectivity index (χ2v) is 3.99. The van der Waals surface area contributed by atoms with Crippen molar-refractivity contribution in [3.8, 4) is 0 Å². The fourth-order valence-corrected chi connectivity index (χ4v) is 1.43. The Morgan fingerprint density at radius 1 is 1.28 bits per heavy atom. The van der Waals surface area contributed by atoms with Crippen LogP contribution in [0, 0.1) is 0 Å². The molecule has 5 nitrogen and oxygen atoms in total. The number of nitrogens with two attached hydrogens (primary N) is 1. The number of hydrogen-bond acceptors (Lipinski definition) is 4. The number of esters is 1. The Labute approximate surface area is 106 Å². The number of carbonyl (C=O) groups excluding carboxylic acids is 1. The van der Waals surface area contributed by atoms with Gasteiger partial charge in [-0.25, -0.2) is 0 Å². The van der Waals surface area contributed by atoms with Gasteiger partial charge in [-0.05, 0) is 18.4 Å². The normalized spacial score (nSPS) is 11.8. The van der Waals surface area contributed by atoms with E-state index in [2.05, 4.69) is 0 Å². The van der Waals surface area contributed by atoms with Crippen molar-refractivity contribution in [1.29, 1.82) is 0 Å². The van der Waals surface area contributed by atoms with Crippen LogP contribution in [-0.2, 0) is 20.9 Å². The van der Waals surface area contributed by atoms with Crippen LogP contribution >= 0.6 is 0 Å². The monoisotopic (exact) mass is 251 g/mol. The highest BCUT2D eigenvalue weighted by atomic mass is 16.5. The number of carbonyl (C=O) groups is 2. The van der Waals surface area contributed by atoms with E-state index in [1.807, 2.05) is 30.3 Å². The van der Waals surface area contributed by atoms with Gasteiger partial charge in [0.05, 0.1) is 0 Å². The highest BCUT2D eigenvalue weighted by molar-refractivity contribution is 5.75. The zero-order chi connectivity index (χ0) is 13.4. The lowest BCUT2D eigenvalue weighted by Gasteiger charge is -2.10. The predicted molar refractivity (Wildman–Crippen MR) is 65.7 cm³/mol. The van der Waals surface area contributed by atoms with Crippen LogP contribution < -0.4 is 5.73 Å². The molecule has 0 saturated heterocycles. The lowest BCUT2D eigenvalue weighted by Crippen LogP contribution is -2.32. The third-order valence-electron chi connectivity index (χ3n) is 2.43. The van der Waals surface area contributed by atoms with Gasteiger partial charge in [-0.15, -0.1) is 0 Å².